The highest BCUT2D eigenvalue weighted by Gasteiger charge is 2.08. The van der Waals surface area contributed by atoms with Crippen LogP contribution >= 0.6 is 11.6 Å². The summed E-state index contributed by atoms with van der Waals surface area (Å²) in [7, 11) is 1.95. The molecule has 84 valence electrons. The number of hydrogen-bond acceptors (Lipinski definition) is 2. The van der Waals surface area contributed by atoms with Gasteiger partial charge in [0.1, 0.15) is 0 Å². The maximum atomic E-state index is 6.09. The molecule has 0 spiro atoms. The van der Waals surface area contributed by atoms with Crippen molar-refractivity contribution in [1.82, 2.24) is 15.1 Å². The van der Waals surface area contributed by atoms with Gasteiger partial charge < -0.3 is 5.32 Å². The smallest absolute Gasteiger partial charge is 0.0862 e. The van der Waals surface area contributed by atoms with E-state index in [1.54, 1.807) is 6.20 Å². The number of nitrogens with zero attached hydrogens (tertiary/aromatic N) is 2. The monoisotopic (exact) mass is 227 g/mol. The van der Waals surface area contributed by atoms with E-state index in [1.165, 1.54) is 5.57 Å². The van der Waals surface area contributed by atoms with Gasteiger partial charge in [-0.05, 0) is 39.4 Å². The van der Waals surface area contributed by atoms with Crippen LogP contribution in [0.5, 0.6) is 0 Å². The first kappa shape index (κ1) is 12.3. The van der Waals surface area contributed by atoms with Gasteiger partial charge in [0, 0.05) is 6.54 Å². The summed E-state index contributed by atoms with van der Waals surface area (Å²) in [5.41, 5.74) is 2.23. The number of allylic oxidation sites excluding steroid dienone is 1. The number of hydrogen-bond donors (Lipinski definition) is 1. The molecule has 15 heavy (non-hydrogen) atoms. The zero-order valence-electron chi connectivity index (χ0n) is 9.55. The Balaban J connectivity index is 2.84. The van der Waals surface area contributed by atoms with Crippen molar-refractivity contribution in [3.63, 3.8) is 0 Å². The number of aromatic nitrogens is 2. The quantitative estimate of drug-likeness (QED) is 0.784. The molecular weight excluding hydrogens is 210 g/mol. The van der Waals surface area contributed by atoms with Crippen LogP contribution < -0.4 is 5.32 Å². The molecule has 0 unspecified atom stereocenters. The summed E-state index contributed by atoms with van der Waals surface area (Å²) in [6, 6.07) is 0. The topological polar surface area (TPSA) is 29.9 Å². The lowest BCUT2D eigenvalue weighted by atomic mass is 10.2. The zero-order chi connectivity index (χ0) is 11.3. The highest BCUT2D eigenvalue weighted by Crippen LogP contribution is 2.23. The maximum Gasteiger partial charge on any atom is 0.0862 e. The number of nitrogens with one attached hydrogen (secondary N) is 1. The van der Waals surface area contributed by atoms with Crippen molar-refractivity contribution in [3.8, 4) is 0 Å². The molecule has 0 saturated heterocycles. The van der Waals surface area contributed by atoms with Gasteiger partial charge in [0.2, 0.25) is 0 Å². The molecule has 0 radical (unpaired) electrons. The summed E-state index contributed by atoms with van der Waals surface area (Å²) in [5.74, 6) is 0. The van der Waals surface area contributed by atoms with Crippen LogP contribution in [-0.4, -0.2) is 23.4 Å². The summed E-state index contributed by atoms with van der Waals surface area (Å²) in [6.45, 7) is 5.97. The van der Waals surface area contributed by atoms with E-state index in [0.717, 1.165) is 30.2 Å². The summed E-state index contributed by atoms with van der Waals surface area (Å²) < 4.78 is 1.92. The molecule has 0 aliphatic heterocycles. The molecule has 1 aromatic rings. The van der Waals surface area contributed by atoms with Gasteiger partial charge >= 0.3 is 0 Å². The van der Waals surface area contributed by atoms with E-state index in [2.05, 4.69) is 30.3 Å². The molecule has 1 rings (SSSR count). The standard InChI is InChI=1S/C11H18ClN3/c1-4-15-11(10(12)8-14-15)9(2)6-5-7-13-3/h6,8,13H,4-5,7H2,1-3H3. The van der Waals surface area contributed by atoms with Crippen molar-refractivity contribution in [2.24, 2.45) is 0 Å². The Hall–Kier alpha value is -0.800. The van der Waals surface area contributed by atoms with Crippen molar-refractivity contribution in [2.45, 2.75) is 26.8 Å². The summed E-state index contributed by atoms with van der Waals surface area (Å²) in [5, 5.41) is 8.05. The second-order valence-corrected chi connectivity index (χ2v) is 3.84. The average molecular weight is 228 g/mol. The fraction of sp³-hybridized carbons (Fsp3) is 0.545. The van der Waals surface area contributed by atoms with Gasteiger partial charge in [0.05, 0.1) is 16.9 Å². The Bertz CT molecular complexity index is 342. The average Bonchev–Trinajstić information content (AvgIpc) is 2.59. The van der Waals surface area contributed by atoms with Crippen molar-refractivity contribution >= 4 is 17.2 Å². The first-order valence-electron chi connectivity index (χ1n) is 5.23. The molecular formula is C11H18ClN3. The van der Waals surface area contributed by atoms with Crippen LogP contribution in [0.2, 0.25) is 5.02 Å². The minimum absolute atomic E-state index is 0.732. The van der Waals surface area contributed by atoms with Crippen LogP contribution in [0.25, 0.3) is 5.57 Å². The third-order valence-electron chi connectivity index (χ3n) is 2.31. The number of rotatable bonds is 5. The lowest BCUT2D eigenvalue weighted by Crippen LogP contribution is -2.06. The highest BCUT2D eigenvalue weighted by molar-refractivity contribution is 6.32. The second kappa shape index (κ2) is 5.93. The molecule has 3 nitrogen and oxygen atoms in total. The van der Waals surface area contributed by atoms with Crippen LogP contribution in [0.15, 0.2) is 12.3 Å². The Kier molecular flexibility index (Phi) is 4.85. The van der Waals surface area contributed by atoms with Gasteiger partial charge in [0.25, 0.3) is 0 Å². The molecule has 1 N–H and O–H groups in total. The van der Waals surface area contributed by atoms with Gasteiger partial charge in [-0.2, -0.15) is 5.10 Å². The van der Waals surface area contributed by atoms with Crippen LogP contribution in [0, 0.1) is 0 Å². The van der Waals surface area contributed by atoms with E-state index < -0.39 is 0 Å². The number of halogens is 1. The van der Waals surface area contributed by atoms with E-state index in [4.69, 9.17) is 11.6 Å². The van der Waals surface area contributed by atoms with Gasteiger partial charge in [-0.25, -0.2) is 0 Å². The van der Waals surface area contributed by atoms with E-state index in [-0.39, 0.29) is 0 Å². The molecule has 0 saturated carbocycles. The fourth-order valence-corrected chi connectivity index (χ4v) is 1.81. The molecule has 1 aromatic heterocycles. The molecule has 0 aliphatic carbocycles. The highest BCUT2D eigenvalue weighted by atomic mass is 35.5. The van der Waals surface area contributed by atoms with E-state index in [9.17, 15) is 0 Å². The lowest BCUT2D eigenvalue weighted by molar-refractivity contribution is 0.651. The molecule has 1 heterocycles. The van der Waals surface area contributed by atoms with E-state index in [1.807, 2.05) is 11.7 Å². The predicted octanol–water partition coefficient (Wildman–Crippen LogP) is 2.57. The van der Waals surface area contributed by atoms with Crippen molar-refractivity contribution in [2.75, 3.05) is 13.6 Å². The van der Waals surface area contributed by atoms with Crippen molar-refractivity contribution in [3.05, 3.63) is 23.0 Å². The zero-order valence-corrected chi connectivity index (χ0v) is 10.3. The minimum Gasteiger partial charge on any atom is -0.319 e. The molecule has 0 aromatic carbocycles. The SMILES string of the molecule is CCn1ncc(Cl)c1C(C)=CCCNC. The summed E-state index contributed by atoms with van der Waals surface area (Å²) in [4.78, 5) is 0. The van der Waals surface area contributed by atoms with E-state index in [0.29, 0.717) is 0 Å². The first-order valence-corrected chi connectivity index (χ1v) is 5.61. The van der Waals surface area contributed by atoms with Crippen molar-refractivity contribution < 1.29 is 0 Å². The molecule has 0 amide bonds. The normalized spacial score (nSPS) is 12.1. The number of aryl methyl sites for hydroxylation is 1. The predicted molar refractivity (Wildman–Crippen MR) is 65.1 cm³/mol. The maximum absolute atomic E-state index is 6.09. The van der Waals surface area contributed by atoms with Crippen LogP contribution in [0.4, 0.5) is 0 Å². The van der Waals surface area contributed by atoms with Gasteiger partial charge in [-0.15, -0.1) is 0 Å². The Morgan fingerprint density at radius 1 is 1.67 bits per heavy atom. The van der Waals surface area contributed by atoms with Gasteiger partial charge in [-0.3, -0.25) is 4.68 Å². The first-order chi connectivity index (χ1) is 7.20. The Labute approximate surface area is 96.1 Å². The molecule has 0 bridgehead atoms. The Morgan fingerprint density at radius 2 is 2.40 bits per heavy atom. The van der Waals surface area contributed by atoms with Crippen LogP contribution in [-0.2, 0) is 6.54 Å². The summed E-state index contributed by atoms with van der Waals surface area (Å²) >= 11 is 6.09. The lowest BCUT2D eigenvalue weighted by Gasteiger charge is -2.05. The fourth-order valence-electron chi connectivity index (χ4n) is 1.52. The Morgan fingerprint density at radius 3 is 3.00 bits per heavy atom. The van der Waals surface area contributed by atoms with Gasteiger partial charge in [-0.1, -0.05) is 17.7 Å². The van der Waals surface area contributed by atoms with Crippen LogP contribution in [0.1, 0.15) is 26.0 Å². The van der Waals surface area contributed by atoms with Crippen LogP contribution in [0.3, 0.4) is 0 Å². The van der Waals surface area contributed by atoms with E-state index >= 15 is 0 Å². The third kappa shape index (κ3) is 3.08. The largest absolute Gasteiger partial charge is 0.319 e. The molecule has 0 fully saturated rings. The van der Waals surface area contributed by atoms with Gasteiger partial charge in [0.15, 0.2) is 0 Å². The second-order valence-electron chi connectivity index (χ2n) is 3.44. The summed E-state index contributed by atoms with van der Waals surface area (Å²) in [6.07, 6.45) is 4.90. The molecule has 0 aliphatic rings. The van der Waals surface area contributed by atoms with Crippen molar-refractivity contribution in [1.29, 1.82) is 0 Å². The molecule has 4 heteroatoms. The molecule has 0 atom stereocenters. The third-order valence-corrected chi connectivity index (χ3v) is 2.59. The minimum atomic E-state index is 0.732.